The zero-order valence-electron chi connectivity index (χ0n) is 16.2. The third-order valence-corrected chi connectivity index (χ3v) is 4.53. The Kier molecular flexibility index (Phi) is 6.37. The van der Waals surface area contributed by atoms with Gasteiger partial charge in [0.25, 0.3) is 0 Å². The van der Waals surface area contributed by atoms with Gasteiger partial charge in [-0.25, -0.2) is 0 Å². The second-order valence-corrected chi connectivity index (χ2v) is 7.13. The minimum atomic E-state index is -0.514. The van der Waals surface area contributed by atoms with Crippen LogP contribution in [0.1, 0.15) is 31.2 Å². The fraction of sp³-hybridized carbons (Fsp3) is 0.474. The molecule has 9 nitrogen and oxygen atoms in total. The van der Waals surface area contributed by atoms with Gasteiger partial charge in [0.05, 0.1) is 12.6 Å². The Morgan fingerprint density at radius 3 is 2.89 bits per heavy atom. The number of aryl methyl sites for hydroxylation is 1. The lowest BCUT2D eigenvalue weighted by atomic mass is 10.0. The van der Waals surface area contributed by atoms with Crippen LogP contribution in [-0.2, 0) is 11.3 Å². The molecule has 0 aliphatic carbocycles. The number of carbonyl (C=O) groups is 1. The van der Waals surface area contributed by atoms with E-state index in [1.165, 1.54) is 0 Å². The molecule has 0 saturated carbocycles. The third kappa shape index (κ3) is 5.61. The highest BCUT2D eigenvalue weighted by Crippen LogP contribution is 2.17. The number of β-amino-alcohol motifs (C(OH)–C–C–N with tert-alkyl or cyclic N) is 1. The van der Waals surface area contributed by atoms with Gasteiger partial charge in [-0.15, -0.1) is 0 Å². The zero-order valence-corrected chi connectivity index (χ0v) is 16.2. The van der Waals surface area contributed by atoms with E-state index in [4.69, 9.17) is 5.73 Å². The number of hydrogen-bond donors (Lipinski definition) is 4. The summed E-state index contributed by atoms with van der Waals surface area (Å²) in [7, 11) is 0. The number of aliphatic hydroxyl groups excluding tert-OH is 1. The van der Waals surface area contributed by atoms with Crippen LogP contribution in [0.5, 0.6) is 0 Å². The molecule has 28 heavy (non-hydrogen) atoms. The molecular weight excluding hydrogens is 358 g/mol. The van der Waals surface area contributed by atoms with Crippen LogP contribution in [0.4, 0.5) is 17.6 Å². The summed E-state index contributed by atoms with van der Waals surface area (Å²) in [4.78, 5) is 26.5. The van der Waals surface area contributed by atoms with E-state index in [-0.39, 0.29) is 17.9 Å². The van der Waals surface area contributed by atoms with E-state index >= 15 is 0 Å². The van der Waals surface area contributed by atoms with E-state index in [1.807, 2.05) is 43.0 Å². The number of nitrogens with zero attached hydrogens (tertiary/aromatic N) is 4. The van der Waals surface area contributed by atoms with Crippen molar-refractivity contribution in [3.8, 4) is 0 Å². The van der Waals surface area contributed by atoms with Gasteiger partial charge in [0.1, 0.15) is 5.82 Å². The quantitative estimate of drug-likeness (QED) is 0.579. The largest absolute Gasteiger partial charge is 0.392 e. The maximum Gasteiger partial charge on any atom is 0.232 e. The molecule has 2 heterocycles. The topological polar surface area (TPSA) is 129 Å². The van der Waals surface area contributed by atoms with Crippen LogP contribution in [-0.4, -0.2) is 56.1 Å². The number of rotatable bonds is 6. The van der Waals surface area contributed by atoms with Crippen LogP contribution >= 0.6 is 0 Å². The van der Waals surface area contributed by atoms with Crippen molar-refractivity contribution < 1.29 is 9.90 Å². The van der Waals surface area contributed by atoms with Crippen molar-refractivity contribution in [2.75, 3.05) is 24.1 Å². The molecule has 5 N–H and O–H groups in total. The first kappa shape index (κ1) is 20.0. The van der Waals surface area contributed by atoms with Crippen molar-refractivity contribution in [1.82, 2.24) is 25.2 Å². The van der Waals surface area contributed by atoms with Crippen molar-refractivity contribution in [3.05, 3.63) is 35.7 Å². The summed E-state index contributed by atoms with van der Waals surface area (Å²) in [6.07, 6.45) is 0.451. The number of likely N-dealkylation sites (tertiary alicyclic amines) is 1. The van der Waals surface area contributed by atoms with Crippen LogP contribution in [0, 0.1) is 6.92 Å². The molecule has 1 fully saturated rings. The number of aliphatic hydroxyl groups is 1. The minimum Gasteiger partial charge on any atom is -0.392 e. The molecular formula is C19H27N7O2. The predicted molar refractivity (Wildman–Crippen MR) is 107 cm³/mol. The van der Waals surface area contributed by atoms with Crippen molar-refractivity contribution >= 4 is 23.5 Å². The summed E-state index contributed by atoms with van der Waals surface area (Å²) in [6, 6.07) is 7.77. The second kappa shape index (κ2) is 8.94. The molecule has 1 aromatic carbocycles. The monoisotopic (exact) mass is 385 g/mol. The standard InChI is InChI=1S/C19H27N7O2/c1-3-17(28)21-14-8-15(27)10-26(9-14)11-16-23-18(20)25-19(24-16)22-13-6-4-5-12(2)7-13/h4-7,14-15,27H,3,8-11H2,1-2H3,(H,21,28)(H3,20,22,23,24,25)/t14-,15+/m0/s1. The first-order chi connectivity index (χ1) is 13.4. The number of piperidine rings is 1. The highest BCUT2D eigenvalue weighted by Gasteiger charge is 2.27. The molecule has 2 atom stereocenters. The molecule has 9 heteroatoms. The van der Waals surface area contributed by atoms with Gasteiger partial charge in [-0.1, -0.05) is 19.1 Å². The van der Waals surface area contributed by atoms with Crippen molar-refractivity contribution in [2.45, 2.75) is 45.4 Å². The molecule has 1 aromatic heterocycles. The average Bonchev–Trinajstić information content (AvgIpc) is 2.60. The number of nitrogens with two attached hydrogens (primary N) is 1. The minimum absolute atomic E-state index is 0.0203. The average molecular weight is 385 g/mol. The molecule has 1 amide bonds. The maximum atomic E-state index is 11.7. The summed E-state index contributed by atoms with van der Waals surface area (Å²) in [6.45, 7) is 5.33. The molecule has 1 aliphatic rings. The van der Waals surface area contributed by atoms with E-state index in [0.717, 1.165) is 11.3 Å². The van der Waals surface area contributed by atoms with Gasteiger partial charge in [-0.3, -0.25) is 9.69 Å². The number of nitrogen functional groups attached to an aromatic ring is 1. The number of anilines is 3. The lowest BCUT2D eigenvalue weighted by Crippen LogP contribution is -2.52. The Labute approximate surface area is 164 Å². The molecule has 3 rings (SSSR count). The van der Waals surface area contributed by atoms with Crippen LogP contribution in [0.15, 0.2) is 24.3 Å². The SMILES string of the molecule is CCC(=O)N[C@H]1C[C@@H](O)CN(Cc2nc(N)nc(Nc3cccc(C)c3)n2)C1. The molecule has 0 unspecified atom stereocenters. The highest BCUT2D eigenvalue weighted by molar-refractivity contribution is 5.75. The maximum absolute atomic E-state index is 11.7. The van der Waals surface area contributed by atoms with Crippen LogP contribution in [0.25, 0.3) is 0 Å². The molecule has 1 aliphatic heterocycles. The molecule has 0 bridgehead atoms. The van der Waals surface area contributed by atoms with Gasteiger partial charge < -0.3 is 21.5 Å². The van der Waals surface area contributed by atoms with E-state index in [2.05, 4.69) is 25.6 Å². The molecule has 1 saturated heterocycles. The number of benzene rings is 1. The van der Waals surface area contributed by atoms with Gasteiger partial charge in [0, 0.05) is 31.2 Å². The number of nitrogens with one attached hydrogen (secondary N) is 2. The number of aromatic nitrogens is 3. The number of amides is 1. The van der Waals surface area contributed by atoms with Crippen LogP contribution < -0.4 is 16.4 Å². The fourth-order valence-electron chi connectivity index (χ4n) is 3.34. The van der Waals surface area contributed by atoms with E-state index < -0.39 is 6.10 Å². The first-order valence-electron chi connectivity index (χ1n) is 9.45. The normalized spacial score (nSPS) is 20.0. The van der Waals surface area contributed by atoms with Gasteiger partial charge in [0.2, 0.25) is 17.8 Å². The smallest absolute Gasteiger partial charge is 0.232 e. The number of hydrogen-bond acceptors (Lipinski definition) is 8. The van der Waals surface area contributed by atoms with E-state index in [9.17, 15) is 9.90 Å². The summed E-state index contributed by atoms with van der Waals surface area (Å²) < 4.78 is 0. The van der Waals surface area contributed by atoms with Crippen molar-refractivity contribution in [1.29, 1.82) is 0 Å². The van der Waals surface area contributed by atoms with Gasteiger partial charge >= 0.3 is 0 Å². The van der Waals surface area contributed by atoms with E-state index in [0.29, 0.717) is 44.2 Å². The molecule has 0 radical (unpaired) electrons. The molecule has 2 aromatic rings. The van der Waals surface area contributed by atoms with E-state index in [1.54, 1.807) is 0 Å². The van der Waals surface area contributed by atoms with Gasteiger partial charge in [0.15, 0.2) is 0 Å². The van der Waals surface area contributed by atoms with Crippen molar-refractivity contribution in [3.63, 3.8) is 0 Å². The summed E-state index contributed by atoms with van der Waals surface area (Å²) in [5, 5.41) is 16.3. The zero-order chi connectivity index (χ0) is 20.1. The predicted octanol–water partition coefficient (Wildman–Crippen LogP) is 0.967. The molecule has 150 valence electrons. The van der Waals surface area contributed by atoms with Gasteiger partial charge in [-0.05, 0) is 31.0 Å². The Morgan fingerprint density at radius 2 is 2.14 bits per heavy atom. The Morgan fingerprint density at radius 1 is 1.32 bits per heavy atom. The lowest BCUT2D eigenvalue weighted by molar-refractivity contribution is -0.122. The van der Waals surface area contributed by atoms with Gasteiger partial charge in [-0.2, -0.15) is 15.0 Å². The summed E-state index contributed by atoms with van der Waals surface area (Å²) >= 11 is 0. The fourth-order valence-corrected chi connectivity index (χ4v) is 3.34. The summed E-state index contributed by atoms with van der Waals surface area (Å²) in [5.41, 5.74) is 7.85. The summed E-state index contributed by atoms with van der Waals surface area (Å²) in [5.74, 6) is 1.00. The Bertz CT molecular complexity index is 830. The Hall–Kier alpha value is -2.78. The number of carbonyl (C=O) groups excluding carboxylic acids is 1. The van der Waals surface area contributed by atoms with Crippen LogP contribution in [0.2, 0.25) is 0 Å². The molecule has 0 spiro atoms. The highest BCUT2D eigenvalue weighted by atomic mass is 16.3. The first-order valence-corrected chi connectivity index (χ1v) is 9.45. The lowest BCUT2D eigenvalue weighted by Gasteiger charge is -2.35. The van der Waals surface area contributed by atoms with Crippen LogP contribution in [0.3, 0.4) is 0 Å². The third-order valence-electron chi connectivity index (χ3n) is 4.53. The second-order valence-electron chi connectivity index (χ2n) is 7.13. The Balaban J connectivity index is 1.69. The van der Waals surface area contributed by atoms with Crippen molar-refractivity contribution in [2.24, 2.45) is 0 Å².